The van der Waals surface area contributed by atoms with Crippen LogP contribution in [0.2, 0.25) is 0 Å². The molecule has 0 amide bonds. The Balaban J connectivity index is 2.43. The molecular weight excluding hydrogens is 212 g/mol. The van der Waals surface area contributed by atoms with E-state index in [1.807, 2.05) is 0 Å². The molecule has 0 aliphatic carbocycles. The van der Waals surface area contributed by atoms with Crippen LogP contribution in [0, 0.1) is 0 Å². The zero-order chi connectivity index (χ0) is 7.68. The molecule has 0 saturated heterocycles. The Morgan fingerprint density at radius 2 is 2.09 bits per heavy atom. The molecule has 2 rings (SSSR count). The van der Waals surface area contributed by atoms with Gasteiger partial charge >= 0.3 is 0 Å². The summed E-state index contributed by atoms with van der Waals surface area (Å²) in [6.07, 6.45) is 0. The van der Waals surface area contributed by atoms with Gasteiger partial charge in [-0.25, -0.2) is 0 Å². The lowest BCUT2D eigenvalue weighted by Crippen LogP contribution is -2.16. The molecule has 4 nitrogen and oxygen atoms in total. The van der Waals surface area contributed by atoms with E-state index in [4.69, 9.17) is 9.47 Å². The van der Waals surface area contributed by atoms with E-state index >= 15 is 0 Å². The minimum absolute atomic E-state index is 0.472. The molecule has 0 atom stereocenters. The van der Waals surface area contributed by atoms with E-state index in [9.17, 15) is 0 Å². The first-order valence-electron chi connectivity index (χ1n) is 3.15. The van der Waals surface area contributed by atoms with Crippen LogP contribution in [0.15, 0.2) is 10.7 Å². The second kappa shape index (κ2) is 2.65. The predicted molar refractivity (Wildman–Crippen MR) is 40.7 cm³/mol. The molecular formula is C6H5BrN2O2. The fourth-order valence-corrected chi connectivity index (χ4v) is 1.12. The van der Waals surface area contributed by atoms with Crippen molar-refractivity contribution in [1.29, 1.82) is 0 Å². The van der Waals surface area contributed by atoms with Crippen LogP contribution >= 0.6 is 15.9 Å². The highest BCUT2D eigenvalue weighted by Crippen LogP contribution is 2.27. The first-order valence-corrected chi connectivity index (χ1v) is 3.94. The van der Waals surface area contributed by atoms with E-state index in [-0.39, 0.29) is 0 Å². The van der Waals surface area contributed by atoms with Crippen molar-refractivity contribution in [2.75, 3.05) is 13.2 Å². The lowest BCUT2D eigenvalue weighted by molar-refractivity contribution is 0.162. The number of hydrogen-bond acceptors (Lipinski definition) is 4. The zero-order valence-corrected chi connectivity index (χ0v) is 7.17. The standard InChI is InChI=1S/C6H5BrN2O2/c7-5-3-4-6(9-8-5)11-2-1-10-4/h3H,1-2H2. The zero-order valence-electron chi connectivity index (χ0n) is 5.58. The Morgan fingerprint density at radius 1 is 1.27 bits per heavy atom. The number of halogens is 1. The SMILES string of the molecule is Brc1cc2c(nn1)OCCO2. The molecule has 5 heteroatoms. The van der Waals surface area contributed by atoms with Gasteiger partial charge in [0.1, 0.15) is 17.8 Å². The Kier molecular flexibility index (Phi) is 1.65. The van der Waals surface area contributed by atoms with Crippen LogP contribution in [0.1, 0.15) is 0 Å². The molecule has 0 N–H and O–H groups in total. The van der Waals surface area contributed by atoms with Crippen molar-refractivity contribution < 1.29 is 9.47 Å². The number of hydrogen-bond donors (Lipinski definition) is 0. The monoisotopic (exact) mass is 216 g/mol. The Hall–Kier alpha value is -0.840. The summed E-state index contributed by atoms with van der Waals surface area (Å²) < 4.78 is 11.1. The fraction of sp³-hybridized carbons (Fsp3) is 0.333. The molecule has 1 aliphatic heterocycles. The maximum absolute atomic E-state index is 5.25. The number of nitrogens with zero attached hydrogens (tertiary/aromatic N) is 2. The summed E-state index contributed by atoms with van der Waals surface area (Å²) in [7, 11) is 0. The van der Waals surface area contributed by atoms with Gasteiger partial charge in [0.15, 0.2) is 5.75 Å². The smallest absolute Gasteiger partial charge is 0.276 e. The van der Waals surface area contributed by atoms with Crippen LogP contribution in [-0.2, 0) is 0 Å². The van der Waals surface area contributed by atoms with Crippen molar-refractivity contribution in [3.63, 3.8) is 0 Å². The molecule has 58 valence electrons. The number of fused-ring (bicyclic) bond motifs is 1. The van der Waals surface area contributed by atoms with Gasteiger partial charge in [-0.15, -0.1) is 10.2 Å². The molecule has 0 fully saturated rings. The van der Waals surface area contributed by atoms with Crippen LogP contribution in [-0.4, -0.2) is 23.4 Å². The predicted octanol–water partition coefficient (Wildman–Crippen LogP) is 1.01. The van der Waals surface area contributed by atoms with Crippen LogP contribution in [0.25, 0.3) is 0 Å². The second-order valence-corrected chi connectivity index (χ2v) is 2.85. The van der Waals surface area contributed by atoms with Crippen molar-refractivity contribution in [2.24, 2.45) is 0 Å². The van der Waals surface area contributed by atoms with E-state index in [2.05, 4.69) is 26.1 Å². The summed E-state index contributed by atoms with van der Waals surface area (Å²) in [5.74, 6) is 1.12. The van der Waals surface area contributed by atoms with Gasteiger partial charge in [0.25, 0.3) is 5.88 Å². The molecule has 0 radical (unpaired) electrons. The summed E-state index contributed by atoms with van der Waals surface area (Å²) >= 11 is 3.18. The summed E-state index contributed by atoms with van der Waals surface area (Å²) in [5, 5.41) is 7.53. The normalized spacial score (nSPS) is 14.6. The maximum atomic E-state index is 5.25. The highest BCUT2D eigenvalue weighted by Gasteiger charge is 2.13. The molecule has 0 unspecified atom stereocenters. The van der Waals surface area contributed by atoms with Crippen LogP contribution < -0.4 is 9.47 Å². The van der Waals surface area contributed by atoms with Crippen molar-refractivity contribution in [3.8, 4) is 11.6 Å². The van der Waals surface area contributed by atoms with Gasteiger partial charge in [0, 0.05) is 6.07 Å². The Morgan fingerprint density at radius 3 is 3.00 bits per heavy atom. The lowest BCUT2D eigenvalue weighted by atomic mass is 10.5. The molecule has 0 saturated carbocycles. The molecule has 0 aromatic carbocycles. The van der Waals surface area contributed by atoms with E-state index in [0.717, 1.165) is 0 Å². The van der Waals surface area contributed by atoms with E-state index in [1.165, 1.54) is 0 Å². The minimum Gasteiger partial charge on any atom is -0.484 e. The van der Waals surface area contributed by atoms with Crippen molar-refractivity contribution in [1.82, 2.24) is 10.2 Å². The average molecular weight is 217 g/mol. The van der Waals surface area contributed by atoms with Gasteiger partial charge in [0.2, 0.25) is 0 Å². The van der Waals surface area contributed by atoms with Crippen LogP contribution in [0.4, 0.5) is 0 Å². The third kappa shape index (κ3) is 1.28. The van der Waals surface area contributed by atoms with Gasteiger partial charge in [-0.2, -0.15) is 0 Å². The average Bonchev–Trinajstić information content (AvgIpc) is 2.04. The summed E-state index contributed by atoms with van der Waals surface area (Å²) in [6, 6.07) is 1.74. The summed E-state index contributed by atoms with van der Waals surface area (Å²) in [5.41, 5.74) is 0. The fourth-order valence-electron chi connectivity index (χ4n) is 0.835. The molecule has 0 bridgehead atoms. The topological polar surface area (TPSA) is 44.2 Å². The first-order chi connectivity index (χ1) is 5.36. The molecule has 1 aromatic rings. The third-order valence-electron chi connectivity index (χ3n) is 1.28. The summed E-state index contributed by atoms with van der Waals surface area (Å²) in [6.45, 7) is 1.12. The van der Waals surface area contributed by atoms with E-state index in [1.54, 1.807) is 6.07 Å². The molecule has 2 heterocycles. The quantitative estimate of drug-likeness (QED) is 0.650. The van der Waals surface area contributed by atoms with E-state index in [0.29, 0.717) is 29.4 Å². The maximum Gasteiger partial charge on any atom is 0.276 e. The van der Waals surface area contributed by atoms with Crippen LogP contribution in [0.3, 0.4) is 0 Å². The number of rotatable bonds is 0. The highest BCUT2D eigenvalue weighted by molar-refractivity contribution is 9.10. The van der Waals surface area contributed by atoms with Gasteiger partial charge in [-0.1, -0.05) is 0 Å². The Labute approximate surface area is 71.7 Å². The molecule has 0 spiro atoms. The van der Waals surface area contributed by atoms with Crippen molar-refractivity contribution in [2.45, 2.75) is 0 Å². The molecule has 1 aliphatic rings. The molecule has 1 aromatic heterocycles. The van der Waals surface area contributed by atoms with E-state index < -0.39 is 0 Å². The lowest BCUT2D eigenvalue weighted by Gasteiger charge is -2.15. The number of aromatic nitrogens is 2. The number of ether oxygens (including phenoxy) is 2. The molecule has 11 heavy (non-hydrogen) atoms. The van der Waals surface area contributed by atoms with Crippen molar-refractivity contribution >= 4 is 15.9 Å². The second-order valence-electron chi connectivity index (χ2n) is 2.03. The first kappa shape index (κ1) is 6.84. The van der Waals surface area contributed by atoms with Gasteiger partial charge in [-0.3, -0.25) is 0 Å². The van der Waals surface area contributed by atoms with Crippen LogP contribution in [0.5, 0.6) is 11.6 Å². The highest BCUT2D eigenvalue weighted by atomic mass is 79.9. The summed E-state index contributed by atoms with van der Waals surface area (Å²) in [4.78, 5) is 0. The third-order valence-corrected chi connectivity index (χ3v) is 1.66. The minimum atomic E-state index is 0.472. The van der Waals surface area contributed by atoms with Gasteiger partial charge in [-0.05, 0) is 15.9 Å². The van der Waals surface area contributed by atoms with Crippen molar-refractivity contribution in [3.05, 3.63) is 10.7 Å². The largest absolute Gasteiger partial charge is 0.484 e. The Bertz CT molecular complexity index is 279. The van der Waals surface area contributed by atoms with Gasteiger partial charge < -0.3 is 9.47 Å². The van der Waals surface area contributed by atoms with Gasteiger partial charge in [0.05, 0.1) is 0 Å².